The highest BCUT2D eigenvalue weighted by atomic mass is 35.5. The van der Waals surface area contributed by atoms with Crippen molar-refractivity contribution in [2.24, 2.45) is 7.05 Å². The second kappa shape index (κ2) is 5.85. The van der Waals surface area contributed by atoms with Crippen molar-refractivity contribution in [1.29, 1.82) is 0 Å². The van der Waals surface area contributed by atoms with Gasteiger partial charge >= 0.3 is 0 Å². The highest BCUT2D eigenvalue weighted by Crippen LogP contribution is 2.20. The minimum Gasteiger partial charge on any atom is -0.341 e. The van der Waals surface area contributed by atoms with Crippen LogP contribution in [-0.4, -0.2) is 44.9 Å². The monoisotopic (exact) mass is 307 g/mol. The Bertz CT molecular complexity index is 621. The van der Waals surface area contributed by atoms with Gasteiger partial charge in [-0.1, -0.05) is 0 Å². The fraction of sp³-hybridized carbons (Fsp3) is 0.538. The van der Waals surface area contributed by atoms with Crippen molar-refractivity contribution < 1.29 is 0 Å². The summed E-state index contributed by atoms with van der Waals surface area (Å²) in [6.07, 6.45) is 6.15. The first-order valence-corrected chi connectivity index (χ1v) is 7.35. The van der Waals surface area contributed by atoms with E-state index in [1.54, 1.807) is 4.68 Å². The van der Waals surface area contributed by atoms with E-state index in [0.717, 1.165) is 18.7 Å². The molecular formula is C13H18ClN7. The fourth-order valence-electron chi connectivity index (χ4n) is 2.46. The van der Waals surface area contributed by atoms with Crippen LogP contribution in [-0.2, 0) is 13.6 Å². The Balaban J connectivity index is 1.80. The number of rotatable bonds is 4. The van der Waals surface area contributed by atoms with Crippen LogP contribution in [0, 0.1) is 0 Å². The minimum atomic E-state index is 0.236. The molecule has 2 aromatic rings. The van der Waals surface area contributed by atoms with E-state index in [2.05, 4.69) is 25.0 Å². The van der Waals surface area contributed by atoms with Crippen LogP contribution < -0.4 is 9.80 Å². The number of hydrogen-bond donors (Lipinski definition) is 0. The summed E-state index contributed by atoms with van der Waals surface area (Å²) in [7, 11) is 3.83. The van der Waals surface area contributed by atoms with Gasteiger partial charge in [0.15, 0.2) is 0 Å². The molecule has 0 saturated carbocycles. The molecule has 21 heavy (non-hydrogen) atoms. The maximum atomic E-state index is 6.05. The Hall–Kier alpha value is -1.89. The normalized spacial score (nSPS) is 14.7. The van der Waals surface area contributed by atoms with Gasteiger partial charge in [0.1, 0.15) is 0 Å². The van der Waals surface area contributed by atoms with Crippen LogP contribution in [0.25, 0.3) is 0 Å². The molecule has 7 nitrogen and oxygen atoms in total. The van der Waals surface area contributed by atoms with E-state index in [9.17, 15) is 0 Å². The Kier molecular flexibility index (Phi) is 3.92. The maximum absolute atomic E-state index is 6.05. The zero-order valence-electron chi connectivity index (χ0n) is 12.2. The molecule has 3 rings (SSSR count). The third kappa shape index (κ3) is 3.24. The van der Waals surface area contributed by atoms with E-state index < -0.39 is 0 Å². The lowest BCUT2D eigenvalue weighted by atomic mass is 10.3. The highest BCUT2D eigenvalue weighted by Gasteiger charge is 2.18. The molecule has 1 saturated heterocycles. The smallest absolute Gasteiger partial charge is 0.231 e. The van der Waals surface area contributed by atoms with Crippen LogP contribution in [0.1, 0.15) is 18.4 Å². The fourth-order valence-corrected chi connectivity index (χ4v) is 2.61. The second-order valence-corrected chi connectivity index (χ2v) is 5.61. The van der Waals surface area contributed by atoms with E-state index in [0.29, 0.717) is 18.4 Å². The Labute approximate surface area is 128 Å². The molecule has 0 atom stereocenters. The van der Waals surface area contributed by atoms with Crippen LogP contribution in [0.4, 0.5) is 11.9 Å². The van der Waals surface area contributed by atoms with E-state index in [1.165, 1.54) is 12.8 Å². The molecule has 0 unspecified atom stereocenters. The van der Waals surface area contributed by atoms with Gasteiger partial charge in [-0.05, 0) is 24.4 Å². The van der Waals surface area contributed by atoms with Crippen LogP contribution >= 0.6 is 11.6 Å². The summed E-state index contributed by atoms with van der Waals surface area (Å²) in [4.78, 5) is 17.1. The van der Waals surface area contributed by atoms with Crippen molar-refractivity contribution in [3.63, 3.8) is 0 Å². The average Bonchev–Trinajstić information content (AvgIpc) is 3.10. The predicted molar refractivity (Wildman–Crippen MR) is 81.6 cm³/mol. The number of anilines is 2. The lowest BCUT2D eigenvalue weighted by molar-refractivity contribution is 0.765. The quantitative estimate of drug-likeness (QED) is 0.853. The molecule has 0 aromatic carbocycles. The number of hydrogen-bond acceptors (Lipinski definition) is 6. The first-order valence-electron chi connectivity index (χ1n) is 6.97. The van der Waals surface area contributed by atoms with E-state index in [4.69, 9.17) is 11.6 Å². The number of aromatic nitrogens is 5. The first kappa shape index (κ1) is 14.1. The summed E-state index contributed by atoms with van der Waals surface area (Å²) in [6.45, 7) is 2.63. The Morgan fingerprint density at radius 3 is 2.67 bits per heavy atom. The third-order valence-corrected chi connectivity index (χ3v) is 3.66. The van der Waals surface area contributed by atoms with Gasteiger partial charge in [-0.2, -0.15) is 20.1 Å². The van der Waals surface area contributed by atoms with Gasteiger partial charge in [0, 0.05) is 45.5 Å². The van der Waals surface area contributed by atoms with Crippen LogP contribution in [0.3, 0.4) is 0 Å². The van der Waals surface area contributed by atoms with Crippen molar-refractivity contribution in [2.45, 2.75) is 19.4 Å². The van der Waals surface area contributed by atoms with Gasteiger partial charge in [-0.3, -0.25) is 4.68 Å². The van der Waals surface area contributed by atoms with Gasteiger partial charge in [-0.25, -0.2) is 0 Å². The van der Waals surface area contributed by atoms with Crippen LogP contribution in [0.5, 0.6) is 0 Å². The molecule has 112 valence electrons. The van der Waals surface area contributed by atoms with Gasteiger partial charge in [0.05, 0.1) is 6.20 Å². The molecule has 0 spiro atoms. The van der Waals surface area contributed by atoms with Crippen LogP contribution in [0.2, 0.25) is 5.28 Å². The van der Waals surface area contributed by atoms with E-state index >= 15 is 0 Å². The largest absolute Gasteiger partial charge is 0.341 e. The molecule has 0 amide bonds. The van der Waals surface area contributed by atoms with E-state index in [1.807, 2.05) is 31.4 Å². The maximum Gasteiger partial charge on any atom is 0.231 e. The van der Waals surface area contributed by atoms with Crippen LogP contribution in [0.15, 0.2) is 12.4 Å². The average molecular weight is 308 g/mol. The molecular weight excluding hydrogens is 290 g/mol. The summed E-state index contributed by atoms with van der Waals surface area (Å²) in [5.74, 6) is 1.25. The molecule has 0 radical (unpaired) electrons. The van der Waals surface area contributed by atoms with Crippen molar-refractivity contribution in [3.8, 4) is 0 Å². The van der Waals surface area contributed by atoms with Gasteiger partial charge < -0.3 is 9.80 Å². The van der Waals surface area contributed by atoms with E-state index in [-0.39, 0.29) is 5.28 Å². The predicted octanol–water partition coefficient (Wildman–Crippen LogP) is 1.50. The molecule has 2 aromatic heterocycles. The highest BCUT2D eigenvalue weighted by molar-refractivity contribution is 6.28. The molecule has 1 fully saturated rings. The SMILES string of the molecule is CN(Cc1cnn(C)c1)c1nc(Cl)nc(N2CCCC2)n1. The van der Waals surface area contributed by atoms with Crippen molar-refractivity contribution >= 4 is 23.5 Å². The topological polar surface area (TPSA) is 63.0 Å². The molecule has 0 aliphatic carbocycles. The van der Waals surface area contributed by atoms with Gasteiger partial charge in [0.25, 0.3) is 0 Å². The summed E-state index contributed by atoms with van der Waals surface area (Å²) < 4.78 is 1.78. The molecule has 8 heteroatoms. The standard InChI is InChI=1S/C13H18ClN7/c1-19(8-10-7-15-20(2)9-10)12-16-11(14)17-13(18-12)21-5-3-4-6-21/h7,9H,3-6,8H2,1-2H3. The lowest BCUT2D eigenvalue weighted by Crippen LogP contribution is -2.24. The molecule has 0 N–H and O–H groups in total. The first-order chi connectivity index (χ1) is 10.1. The third-order valence-electron chi connectivity index (χ3n) is 3.49. The number of halogens is 1. The number of nitrogens with zero attached hydrogens (tertiary/aromatic N) is 7. The van der Waals surface area contributed by atoms with Crippen molar-refractivity contribution in [3.05, 3.63) is 23.2 Å². The molecule has 3 heterocycles. The summed E-state index contributed by atoms with van der Waals surface area (Å²) in [5, 5.41) is 4.40. The molecule has 1 aliphatic rings. The second-order valence-electron chi connectivity index (χ2n) is 5.28. The number of aryl methyl sites for hydroxylation is 1. The van der Waals surface area contributed by atoms with Crippen molar-refractivity contribution in [1.82, 2.24) is 24.7 Å². The van der Waals surface area contributed by atoms with Crippen molar-refractivity contribution in [2.75, 3.05) is 29.9 Å². The molecule has 0 bridgehead atoms. The summed E-state index contributed by atoms with van der Waals surface area (Å²) in [5.41, 5.74) is 1.10. The lowest BCUT2D eigenvalue weighted by Gasteiger charge is -2.20. The Morgan fingerprint density at radius 1 is 1.24 bits per heavy atom. The molecule has 1 aliphatic heterocycles. The summed E-state index contributed by atoms with van der Waals surface area (Å²) in [6, 6.07) is 0. The Morgan fingerprint density at radius 2 is 2.00 bits per heavy atom. The van der Waals surface area contributed by atoms with Gasteiger partial charge in [-0.15, -0.1) is 0 Å². The zero-order chi connectivity index (χ0) is 14.8. The minimum absolute atomic E-state index is 0.236. The zero-order valence-corrected chi connectivity index (χ0v) is 13.0. The van der Waals surface area contributed by atoms with Gasteiger partial charge in [0.2, 0.25) is 17.2 Å². The summed E-state index contributed by atoms with van der Waals surface area (Å²) >= 11 is 6.05.